The Labute approximate surface area is 96.6 Å². The normalized spacial score (nSPS) is 22.4. The zero-order valence-corrected chi connectivity index (χ0v) is 9.81. The van der Waals surface area contributed by atoms with E-state index >= 15 is 0 Å². The van der Waals surface area contributed by atoms with E-state index < -0.39 is 11.8 Å². The fourth-order valence-corrected chi connectivity index (χ4v) is 2.51. The van der Waals surface area contributed by atoms with Crippen molar-refractivity contribution in [1.82, 2.24) is 14.8 Å². The number of rotatable bonds is 5. The zero-order chi connectivity index (χ0) is 11.8. The number of alkyl halides is 2. The van der Waals surface area contributed by atoms with Crippen molar-refractivity contribution in [1.29, 1.82) is 0 Å². The first-order valence-corrected chi connectivity index (χ1v) is 6.12. The topological polar surface area (TPSA) is 56.7 Å². The first-order chi connectivity index (χ1) is 7.54. The Kier molecular flexibility index (Phi) is 3.16. The van der Waals surface area contributed by atoms with Crippen LogP contribution in [-0.4, -0.2) is 26.4 Å². The van der Waals surface area contributed by atoms with Gasteiger partial charge in [0.1, 0.15) is 5.82 Å². The fourth-order valence-electron chi connectivity index (χ4n) is 1.52. The van der Waals surface area contributed by atoms with E-state index in [9.17, 15) is 8.78 Å². The van der Waals surface area contributed by atoms with Gasteiger partial charge in [0.2, 0.25) is 0 Å². The zero-order valence-electron chi connectivity index (χ0n) is 8.99. The van der Waals surface area contributed by atoms with Crippen LogP contribution in [-0.2, 0) is 13.6 Å². The molecule has 1 heterocycles. The fraction of sp³-hybridized carbons (Fsp3) is 0.778. The van der Waals surface area contributed by atoms with E-state index in [1.54, 1.807) is 4.57 Å². The molecular weight excluding hydrogens is 234 g/mol. The second kappa shape index (κ2) is 4.29. The van der Waals surface area contributed by atoms with E-state index in [4.69, 9.17) is 5.73 Å². The van der Waals surface area contributed by atoms with E-state index in [0.29, 0.717) is 24.5 Å². The van der Waals surface area contributed by atoms with Gasteiger partial charge < -0.3 is 10.3 Å². The molecule has 1 atom stereocenters. The van der Waals surface area contributed by atoms with Crippen LogP contribution in [0.15, 0.2) is 5.16 Å². The van der Waals surface area contributed by atoms with Gasteiger partial charge in [-0.3, -0.25) is 0 Å². The van der Waals surface area contributed by atoms with Gasteiger partial charge in [0, 0.05) is 25.1 Å². The summed E-state index contributed by atoms with van der Waals surface area (Å²) >= 11 is 1.45. The molecule has 1 aromatic heterocycles. The average molecular weight is 248 g/mol. The van der Waals surface area contributed by atoms with E-state index in [1.165, 1.54) is 11.8 Å². The lowest BCUT2D eigenvalue weighted by atomic mass is 10.3. The smallest absolute Gasteiger partial charge is 0.251 e. The Morgan fingerprint density at radius 2 is 2.25 bits per heavy atom. The number of thioether (sulfide) groups is 1. The second-order valence-corrected chi connectivity index (χ2v) is 5.02. The molecule has 0 saturated heterocycles. The molecule has 1 aliphatic carbocycles. The molecule has 4 nitrogen and oxygen atoms in total. The molecule has 2 rings (SSSR count). The molecule has 1 fully saturated rings. The Balaban J connectivity index is 1.79. The first kappa shape index (κ1) is 11.8. The number of hydrogen-bond acceptors (Lipinski definition) is 4. The largest absolute Gasteiger partial charge is 0.324 e. The van der Waals surface area contributed by atoms with Crippen molar-refractivity contribution in [3.05, 3.63) is 5.82 Å². The van der Waals surface area contributed by atoms with Crippen molar-refractivity contribution < 1.29 is 8.78 Å². The van der Waals surface area contributed by atoms with Crippen molar-refractivity contribution in [2.24, 2.45) is 18.7 Å². The van der Waals surface area contributed by atoms with Gasteiger partial charge in [-0.1, -0.05) is 11.8 Å². The molecule has 0 spiro atoms. The van der Waals surface area contributed by atoms with Gasteiger partial charge in [-0.25, -0.2) is 8.78 Å². The van der Waals surface area contributed by atoms with Crippen LogP contribution >= 0.6 is 11.8 Å². The number of halogens is 2. The summed E-state index contributed by atoms with van der Waals surface area (Å²) in [5, 5.41) is 8.58. The maximum Gasteiger partial charge on any atom is 0.251 e. The van der Waals surface area contributed by atoms with Gasteiger partial charge in [0.25, 0.3) is 5.92 Å². The molecule has 0 aromatic carbocycles. The molecule has 1 saturated carbocycles. The van der Waals surface area contributed by atoms with Gasteiger partial charge in [-0.15, -0.1) is 10.2 Å². The van der Waals surface area contributed by atoms with Crippen LogP contribution in [0.5, 0.6) is 0 Å². The minimum absolute atomic E-state index is 0.0421. The van der Waals surface area contributed by atoms with Crippen LogP contribution < -0.4 is 5.73 Å². The third-order valence-electron chi connectivity index (χ3n) is 2.76. The maximum absolute atomic E-state index is 12.6. The van der Waals surface area contributed by atoms with Crippen molar-refractivity contribution in [3.63, 3.8) is 0 Å². The summed E-state index contributed by atoms with van der Waals surface area (Å²) in [5.41, 5.74) is 5.45. The van der Waals surface area contributed by atoms with Gasteiger partial charge in [-0.2, -0.15) is 0 Å². The summed E-state index contributed by atoms with van der Waals surface area (Å²) in [6, 6.07) is 0. The summed E-state index contributed by atoms with van der Waals surface area (Å²) in [6.45, 7) is 0.338. The highest BCUT2D eigenvalue weighted by molar-refractivity contribution is 7.99. The van der Waals surface area contributed by atoms with Gasteiger partial charge in [0.05, 0.1) is 6.54 Å². The molecule has 16 heavy (non-hydrogen) atoms. The second-order valence-electron chi connectivity index (χ2n) is 3.96. The molecule has 0 radical (unpaired) electrons. The lowest BCUT2D eigenvalue weighted by Gasteiger charge is -2.01. The monoisotopic (exact) mass is 248 g/mol. The van der Waals surface area contributed by atoms with Crippen molar-refractivity contribution in [3.8, 4) is 0 Å². The number of nitrogens with two attached hydrogens (primary N) is 1. The van der Waals surface area contributed by atoms with Crippen LogP contribution in [0.1, 0.15) is 18.7 Å². The van der Waals surface area contributed by atoms with E-state index in [2.05, 4.69) is 10.2 Å². The van der Waals surface area contributed by atoms with E-state index in [-0.39, 0.29) is 6.42 Å². The Morgan fingerprint density at radius 3 is 2.75 bits per heavy atom. The molecule has 0 amide bonds. The predicted octanol–water partition coefficient (Wildman–Crippen LogP) is 1.41. The number of hydrogen-bond donors (Lipinski definition) is 1. The van der Waals surface area contributed by atoms with Crippen molar-refractivity contribution in [2.75, 3.05) is 5.75 Å². The SMILES string of the molecule is Cn1c(CN)nnc1SCC[C@H]1CC1(F)F. The third-order valence-corrected chi connectivity index (χ3v) is 3.81. The first-order valence-electron chi connectivity index (χ1n) is 5.13. The average Bonchev–Trinajstić information content (AvgIpc) is 2.68. The van der Waals surface area contributed by atoms with Gasteiger partial charge in [-0.05, 0) is 6.42 Å². The van der Waals surface area contributed by atoms with E-state index in [1.807, 2.05) is 7.05 Å². The van der Waals surface area contributed by atoms with Crippen LogP contribution in [0.2, 0.25) is 0 Å². The lowest BCUT2D eigenvalue weighted by molar-refractivity contribution is 0.0983. The van der Waals surface area contributed by atoms with Crippen LogP contribution in [0.4, 0.5) is 8.78 Å². The predicted molar refractivity (Wildman–Crippen MR) is 57.3 cm³/mol. The van der Waals surface area contributed by atoms with Gasteiger partial charge in [0.15, 0.2) is 5.16 Å². The summed E-state index contributed by atoms with van der Waals surface area (Å²) in [7, 11) is 1.83. The third kappa shape index (κ3) is 2.35. The Morgan fingerprint density at radius 1 is 1.56 bits per heavy atom. The Bertz CT molecular complexity index is 380. The highest BCUT2D eigenvalue weighted by Crippen LogP contribution is 2.51. The molecule has 0 aliphatic heterocycles. The number of nitrogens with zero attached hydrogens (tertiary/aromatic N) is 3. The van der Waals surface area contributed by atoms with Crippen LogP contribution in [0, 0.1) is 5.92 Å². The molecule has 0 unspecified atom stereocenters. The summed E-state index contributed by atoms with van der Waals surface area (Å²) in [4.78, 5) is 0. The van der Waals surface area contributed by atoms with Crippen LogP contribution in [0.25, 0.3) is 0 Å². The molecule has 2 N–H and O–H groups in total. The molecule has 1 aliphatic rings. The summed E-state index contributed by atoms with van der Waals surface area (Å²) < 4.78 is 27.0. The van der Waals surface area contributed by atoms with Crippen molar-refractivity contribution in [2.45, 2.75) is 30.5 Å². The standard InChI is InChI=1S/C9H14F2N4S/c1-15-7(5-12)13-14-8(15)16-3-2-6-4-9(6,10)11/h6H,2-5,12H2,1H3/t6-/m0/s1. The highest BCUT2D eigenvalue weighted by Gasteiger charge is 2.55. The van der Waals surface area contributed by atoms with E-state index in [0.717, 1.165) is 5.16 Å². The minimum Gasteiger partial charge on any atom is -0.324 e. The lowest BCUT2D eigenvalue weighted by Crippen LogP contribution is -2.05. The molecule has 1 aromatic rings. The molecular formula is C9H14F2N4S. The summed E-state index contributed by atoms with van der Waals surface area (Å²) in [6.07, 6.45) is 0.572. The quantitative estimate of drug-likeness (QED) is 0.800. The minimum atomic E-state index is -2.41. The molecule has 7 heteroatoms. The maximum atomic E-state index is 12.6. The molecule has 0 bridgehead atoms. The Hall–Kier alpha value is -0.690. The van der Waals surface area contributed by atoms with Crippen molar-refractivity contribution >= 4 is 11.8 Å². The number of aromatic nitrogens is 3. The highest BCUT2D eigenvalue weighted by atomic mass is 32.2. The summed E-state index contributed by atoms with van der Waals surface area (Å²) in [5.74, 6) is -1.49. The van der Waals surface area contributed by atoms with Crippen LogP contribution in [0.3, 0.4) is 0 Å². The van der Waals surface area contributed by atoms with Gasteiger partial charge >= 0.3 is 0 Å². The molecule has 90 valence electrons.